The van der Waals surface area contributed by atoms with Gasteiger partial charge in [0.05, 0.1) is 13.2 Å². The highest BCUT2D eigenvalue weighted by molar-refractivity contribution is 5.98. The van der Waals surface area contributed by atoms with Crippen LogP contribution in [0.25, 0.3) is 0 Å². The smallest absolute Gasteiger partial charge is 0.341 e. The number of nitrogens with zero attached hydrogens (tertiary/aromatic N) is 1. The van der Waals surface area contributed by atoms with Gasteiger partial charge in [0, 0.05) is 35.7 Å². The first-order valence-electron chi connectivity index (χ1n) is 11.8. The lowest BCUT2D eigenvalue weighted by atomic mass is 10.0. The molecule has 10 heteroatoms. The Bertz CT molecular complexity index is 1260. The molecule has 192 valence electrons. The molecule has 3 aromatic rings. The Morgan fingerprint density at radius 2 is 1.76 bits per heavy atom. The number of amidine groups is 1. The maximum Gasteiger partial charge on any atom is 0.341 e. The van der Waals surface area contributed by atoms with E-state index in [1.165, 1.54) is 0 Å². The van der Waals surface area contributed by atoms with E-state index in [1.54, 1.807) is 48.5 Å². The summed E-state index contributed by atoms with van der Waals surface area (Å²) in [6, 6.07) is 20.4. The fourth-order valence-electron chi connectivity index (χ4n) is 3.96. The average molecular weight is 504 g/mol. The van der Waals surface area contributed by atoms with Crippen molar-refractivity contribution in [3.63, 3.8) is 0 Å². The Hall–Kier alpha value is -4.57. The van der Waals surface area contributed by atoms with E-state index in [2.05, 4.69) is 15.5 Å². The number of nitrogens with one attached hydrogen (secondary N) is 3. The zero-order valence-electron chi connectivity index (χ0n) is 20.1. The number of carbonyl (C=O) groups excluding carboxylic acids is 1. The fraction of sp³-hybridized carbons (Fsp3) is 0.222. The minimum Gasteiger partial charge on any atom is -0.482 e. The number of nitrogens with two attached hydrogens (primary N) is 1. The molecule has 0 aromatic heterocycles. The second-order valence-electron chi connectivity index (χ2n) is 8.46. The number of ether oxygens (including phenoxy) is 2. The van der Waals surface area contributed by atoms with Gasteiger partial charge in [0.1, 0.15) is 17.6 Å². The van der Waals surface area contributed by atoms with Crippen molar-refractivity contribution in [1.82, 2.24) is 0 Å². The monoisotopic (exact) mass is 503 g/mol. The van der Waals surface area contributed by atoms with Gasteiger partial charge in [-0.3, -0.25) is 10.2 Å². The van der Waals surface area contributed by atoms with Crippen molar-refractivity contribution in [3.8, 4) is 5.75 Å². The SMILES string of the molecule is N=C(N)c1cccc(NC(C(=O)Nc2ccc(N3CCOCC3)cc2)c2cccc(OCC(=O)O)c2)c1. The number of morpholine rings is 1. The molecule has 1 aliphatic heterocycles. The number of anilines is 3. The van der Waals surface area contributed by atoms with Gasteiger partial charge in [-0.2, -0.15) is 0 Å². The second-order valence-corrected chi connectivity index (χ2v) is 8.46. The van der Waals surface area contributed by atoms with Crippen LogP contribution >= 0.6 is 0 Å². The zero-order chi connectivity index (χ0) is 26.2. The largest absolute Gasteiger partial charge is 0.482 e. The number of carboxylic acid groups (broad SMARTS) is 1. The van der Waals surface area contributed by atoms with Crippen molar-refractivity contribution in [2.24, 2.45) is 5.73 Å². The molecule has 0 aliphatic carbocycles. The number of hydrogen-bond acceptors (Lipinski definition) is 7. The van der Waals surface area contributed by atoms with Gasteiger partial charge in [0.25, 0.3) is 5.91 Å². The molecule has 1 amide bonds. The average Bonchev–Trinajstić information content (AvgIpc) is 2.91. The minimum atomic E-state index is -1.10. The molecule has 0 saturated carbocycles. The predicted molar refractivity (Wildman–Crippen MR) is 141 cm³/mol. The summed E-state index contributed by atoms with van der Waals surface area (Å²) in [5.74, 6) is -1.19. The lowest BCUT2D eigenvalue weighted by molar-refractivity contribution is -0.139. The highest BCUT2D eigenvalue weighted by Crippen LogP contribution is 2.26. The first kappa shape index (κ1) is 25.5. The number of nitrogen functional groups attached to an aromatic ring is 1. The summed E-state index contributed by atoms with van der Waals surface area (Å²) in [7, 11) is 0. The Labute approximate surface area is 214 Å². The second kappa shape index (κ2) is 11.9. The van der Waals surface area contributed by atoms with Gasteiger partial charge in [-0.1, -0.05) is 24.3 Å². The van der Waals surface area contributed by atoms with Crippen molar-refractivity contribution >= 4 is 34.8 Å². The van der Waals surface area contributed by atoms with Gasteiger partial charge < -0.3 is 35.8 Å². The van der Waals surface area contributed by atoms with Crippen LogP contribution in [0.4, 0.5) is 17.1 Å². The van der Waals surface area contributed by atoms with E-state index < -0.39 is 18.6 Å². The Morgan fingerprint density at radius 3 is 2.46 bits per heavy atom. The molecule has 0 bridgehead atoms. The number of rotatable bonds is 10. The first-order chi connectivity index (χ1) is 17.9. The number of carboxylic acids is 1. The molecular weight excluding hydrogens is 474 g/mol. The van der Waals surface area contributed by atoms with Crippen LogP contribution < -0.4 is 26.0 Å². The Morgan fingerprint density at radius 1 is 1.03 bits per heavy atom. The highest BCUT2D eigenvalue weighted by Gasteiger charge is 2.22. The molecule has 3 aromatic carbocycles. The third-order valence-corrected chi connectivity index (χ3v) is 5.81. The molecule has 0 spiro atoms. The van der Waals surface area contributed by atoms with Crippen LogP contribution in [-0.2, 0) is 14.3 Å². The van der Waals surface area contributed by atoms with Gasteiger partial charge in [-0.15, -0.1) is 0 Å². The molecule has 6 N–H and O–H groups in total. The van der Waals surface area contributed by atoms with E-state index in [4.69, 9.17) is 25.7 Å². The number of carbonyl (C=O) groups is 2. The van der Waals surface area contributed by atoms with Crippen LogP contribution in [0.3, 0.4) is 0 Å². The van der Waals surface area contributed by atoms with Crippen molar-refractivity contribution < 1.29 is 24.2 Å². The molecule has 1 unspecified atom stereocenters. The normalized spacial score (nSPS) is 13.9. The van der Waals surface area contributed by atoms with Crippen LogP contribution in [0.5, 0.6) is 5.75 Å². The molecule has 37 heavy (non-hydrogen) atoms. The number of amides is 1. The Kier molecular flexibility index (Phi) is 8.22. The summed E-state index contributed by atoms with van der Waals surface area (Å²) in [5, 5.41) is 22.8. The van der Waals surface area contributed by atoms with E-state index in [1.807, 2.05) is 24.3 Å². The van der Waals surface area contributed by atoms with Crippen LogP contribution in [0, 0.1) is 5.41 Å². The minimum absolute atomic E-state index is 0.0888. The van der Waals surface area contributed by atoms with Crippen LogP contribution in [0.1, 0.15) is 17.2 Å². The molecule has 1 heterocycles. The topological polar surface area (TPSA) is 150 Å². The van der Waals surface area contributed by atoms with Gasteiger partial charge in [0.15, 0.2) is 6.61 Å². The molecule has 0 radical (unpaired) electrons. The molecule has 10 nitrogen and oxygen atoms in total. The van der Waals surface area contributed by atoms with Gasteiger partial charge >= 0.3 is 5.97 Å². The third kappa shape index (κ3) is 6.98. The summed E-state index contributed by atoms with van der Waals surface area (Å²) >= 11 is 0. The van der Waals surface area contributed by atoms with Crippen molar-refractivity contribution in [2.45, 2.75) is 6.04 Å². The molecule has 4 rings (SSSR count). The van der Waals surface area contributed by atoms with Crippen LogP contribution in [0.2, 0.25) is 0 Å². The summed E-state index contributed by atoms with van der Waals surface area (Å²) in [6.07, 6.45) is 0. The summed E-state index contributed by atoms with van der Waals surface area (Å²) in [4.78, 5) is 26.6. The van der Waals surface area contributed by atoms with Crippen molar-refractivity contribution in [3.05, 3.63) is 83.9 Å². The van der Waals surface area contributed by atoms with E-state index in [0.29, 0.717) is 41.5 Å². The van der Waals surface area contributed by atoms with E-state index in [0.717, 1.165) is 18.8 Å². The predicted octanol–water partition coefficient (Wildman–Crippen LogP) is 3.06. The van der Waals surface area contributed by atoms with Gasteiger partial charge in [-0.05, 0) is 54.1 Å². The maximum absolute atomic E-state index is 13.5. The van der Waals surface area contributed by atoms with E-state index in [-0.39, 0.29) is 11.7 Å². The van der Waals surface area contributed by atoms with Crippen molar-refractivity contribution in [2.75, 3.05) is 48.4 Å². The third-order valence-electron chi connectivity index (χ3n) is 5.81. The fourth-order valence-corrected chi connectivity index (χ4v) is 3.96. The summed E-state index contributed by atoms with van der Waals surface area (Å²) < 4.78 is 10.7. The number of aliphatic carboxylic acids is 1. The molecule has 1 atom stereocenters. The maximum atomic E-state index is 13.5. The van der Waals surface area contributed by atoms with E-state index in [9.17, 15) is 9.59 Å². The van der Waals surface area contributed by atoms with E-state index >= 15 is 0 Å². The highest BCUT2D eigenvalue weighted by atomic mass is 16.5. The lowest BCUT2D eigenvalue weighted by Gasteiger charge is -2.29. The van der Waals surface area contributed by atoms with Gasteiger partial charge in [-0.25, -0.2) is 4.79 Å². The quantitative estimate of drug-likeness (QED) is 0.209. The first-order valence-corrected chi connectivity index (χ1v) is 11.8. The summed E-state index contributed by atoms with van der Waals surface area (Å²) in [5.41, 5.74) is 8.99. The molecule has 1 fully saturated rings. The molecular formula is C27H29N5O5. The van der Waals surface area contributed by atoms with Crippen LogP contribution in [-0.4, -0.2) is 55.7 Å². The standard InChI is InChI=1S/C27H29N5O5/c28-26(29)19-4-1-5-21(15-19)30-25(18-3-2-6-23(16-18)37-17-24(33)34)27(35)31-20-7-9-22(10-8-20)32-11-13-36-14-12-32/h1-10,15-16,25,30H,11-14,17H2,(H3,28,29)(H,31,35)(H,33,34). The molecule has 1 aliphatic rings. The van der Waals surface area contributed by atoms with Crippen LogP contribution in [0.15, 0.2) is 72.8 Å². The summed E-state index contributed by atoms with van der Waals surface area (Å²) in [6.45, 7) is 2.51. The lowest BCUT2D eigenvalue weighted by Crippen LogP contribution is -2.36. The van der Waals surface area contributed by atoms with Crippen molar-refractivity contribution in [1.29, 1.82) is 5.41 Å². The Balaban J connectivity index is 1.56. The van der Waals surface area contributed by atoms with Gasteiger partial charge in [0.2, 0.25) is 0 Å². The number of benzene rings is 3. The number of hydrogen-bond donors (Lipinski definition) is 5. The molecule has 1 saturated heterocycles. The zero-order valence-corrected chi connectivity index (χ0v) is 20.1.